The molecule has 1 aliphatic heterocycles. The van der Waals surface area contributed by atoms with Gasteiger partial charge in [-0.05, 0) is 12.1 Å². The van der Waals surface area contributed by atoms with Gasteiger partial charge in [0.05, 0.1) is 35.2 Å². The highest BCUT2D eigenvalue weighted by molar-refractivity contribution is 8.45. The van der Waals surface area contributed by atoms with E-state index in [4.69, 9.17) is 10.5 Å². The molecule has 0 radical (unpaired) electrons. The number of nitrogens with zero attached hydrogens (tertiary/aromatic N) is 4. The number of carbonyl (C=O) groups is 1. The van der Waals surface area contributed by atoms with Crippen LogP contribution in [0, 0.1) is 5.82 Å². The molecule has 2 aromatic heterocycles. The summed E-state index contributed by atoms with van der Waals surface area (Å²) >= 11 is 0. The van der Waals surface area contributed by atoms with Crippen LogP contribution < -0.4 is 10.5 Å². The van der Waals surface area contributed by atoms with Gasteiger partial charge in [0.15, 0.2) is 0 Å². The van der Waals surface area contributed by atoms with E-state index in [2.05, 4.69) is 9.97 Å². The zero-order valence-corrected chi connectivity index (χ0v) is 18.0. The van der Waals surface area contributed by atoms with Crippen molar-refractivity contribution in [2.75, 3.05) is 19.4 Å². The van der Waals surface area contributed by atoms with Gasteiger partial charge >= 0.3 is 10.2 Å². The fourth-order valence-corrected chi connectivity index (χ4v) is 4.58. The summed E-state index contributed by atoms with van der Waals surface area (Å²) < 4.78 is 87.2. The molecule has 5 rings (SSSR count). The molecule has 4 aromatic rings. The minimum Gasteiger partial charge on any atom is -0.491 e. The number of fused-ring (bicyclic) bond motifs is 4. The van der Waals surface area contributed by atoms with Gasteiger partial charge in [-0.15, -0.1) is 0 Å². The molecule has 14 heteroatoms. The number of hydrogen-bond donors (Lipinski definition) is 1. The lowest BCUT2D eigenvalue weighted by atomic mass is 10.1. The van der Waals surface area contributed by atoms with Crippen LogP contribution in [0.25, 0.3) is 16.6 Å². The van der Waals surface area contributed by atoms with E-state index in [1.807, 2.05) is 0 Å². The average molecular weight is 503 g/mol. The van der Waals surface area contributed by atoms with Gasteiger partial charge < -0.3 is 15.4 Å². The van der Waals surface area contributed by atoms with Crippen molar-refractivity contribution >= 4 is 38.5 Å². The average Bonchev–Trinajstić information content (AvgIpc) is 3.38. The van der Waals surface area contributed by atoms with Crippen LogP contribution in [0.15, 0.2) is 47.8 Å². The number of amides is 1. The van der Waals surface area contributed by atoms with Crippen LogP contribution in [-0.4, -0.2) is 38.8 Å². The van der Waals surface area contributed by atoms with E-state index in [9.17, 15) is 28.6 Å². The Balaban J connectivity index is 1.53. The number of ether oxygens (including phenoxy) is 1. The second kappa shape index (κ2) is 6.25. The first kappa shape index (κ1) is 22.1. The van der Waals surface area contributed by atoms with E-state index < -0.39 is 38.6 Å². The summed E-state index contributed by atoms with van der Waals surface area (Å²) in [7, 11) is -8.60. The number of benzene rings is 2. The predicted octanol–water partition coefficient (Wildman–Crippen LogP) is 5.47. The first-order valence-corrected chi connectivity index (χ1v) is 11.6. The Bertz CT molecular complexity index is 1520. The quantitative estimate of drug-likeness (QED) is 0.375. The molecule has 2 N–H and O–H groups in total. The van der Waals surface area contributed by atoms with Gasteiger partial charge in [-0.2, -0.15) is 0 Å². The van der Waals surface area contributed by atoms with Crippen molar-refractivity contribution in [3.05, 3.63) is 59.8 Å². The van der Waals surface area contributed by atoms with Gasteiger partial charge in [-0.3, -0.25) is 9.20 Å². The van der Waals surface area contributed by atoms with Crippen LogP contribution in [0.5, 0.6) is 5.75 Å². The third-order valence-electron chi connectivity index (χ3n) is 5.67. The van der Waals surface area contributed by atoms with Gasteiger partial charge in [0.2, 0.25) is 0 Å². The van der Waals surface area contributed by atoms with Crippen molar-refractivity contribution in [2.45, 2.75) is 10.9 Å². The van der Waals surface area contributed by atoms with Crippen molar-refractivity contribution < 1.29 is 33.4 Å². The first-order chi connectivity index (χ1) is 15.6. The summed E-state index contributed by atoms with van der Waals surface area (Å²) in [6.07, 6.45) is 2.87. The summed E-state index contributed by atoms with van der Waals surface area (Å²) in [4.78, 5) is 20.2. The molecular formula is C20H15F6N5O2S. The minimum absolute atomic E-state index is 0.0917. The maximum absolute atomic E-state index is 14.9. The second-order valence-electron chi connectivity index (χ2n) is 7.88. The molecule has 2 aromatic carbocycles. The van der Waals surface area contributed by atoms with Gasteiger partial charge in [0.25, 0.3) is 5.91 Å². The number of aromatic nitrogens is 3. The van der Waals surface area contributed by atoms with Crippen LogP contribution >= 0.6 is 10.2 Å². The van der Waals surface area contributed by atoms with E-state index in [-0.39, 0.29) is 41.2 Å². The van der Waals surface area contributed by atoms with Crippen LogP contribution in [0.3, 0.4) is 0 Å². The number of likely N-dealkylation sites (N-methyl/N-ethyl adjacent to an activating group) is 1. The monoisotopic (exact) mass is 503 g/mol. The standard InChI is InChI=1S/C20H15F6N5O2S/c1-30(17-8-33-18-4-10(2-3-11(17)18)34(22,23,24,25)26)20(32)12-5-15-14(6-13(12)21)29-19(27)16-7-28-9-31(15)16/h2-7,9,17H,8H2,1H3,(H2,27,29)/t17-/m1/s1. The van der Waals surface area contributed by atoms with E-state index in [1.54, 1.807) is 0 Å². The Morgan fingerprint density at radius 3 is 2.62 bits per heavy atom. The Morgan fingerprint density at radius 2 is 1.91 bits per heavy atom. The van der Waals surface area contributed by atoms with E-state index in [0.29, 0.717) is 11.0 Å². The zero-order chi connectivity index (χ0) is 24.7. The van der Waals surface area contributed by atoms with E-state index in [1.165, 1.54) is 30.0 Å². The largest absolute Gasteiger partial charge is 0.491 e. The van der Waals surface area contributed by atoms with Crippen LogP contribution in [0.4, 0.5) is 29.6 Å². The molecule has 0 fully saturated rings. The number of carbonyl (C=O) groups excluding carboxylic acids is 1. The van der Waals surface area contributed by atoms with Gasteiger partial charge in [0, 0.05) is 24.7 Å². The van der Waals surface area contributed by atoms with Crippen LogP contribution in [0.2, 0.25) is 0 Å². The number of rotatable bonds is 3. The highest BCUT2D eigenvalue weighted by Crippen LogP contribution is 3.02. The number of nitrogen functional groups attached to an aromatic ring is 1. The summed E-state index contributed by atoms with van der Waals surface area (Å²) in [5.41, 5.74) is 6.58. The topological polar surface area (TPSA) is 85.8 Å². The number of imidazole rings is 1. The Kier molecular flexibility index (Phi) is 4.07. The molecule has 0 bridgehead atoms. The van der Waals surface area contributed by atoms with Gasteiger partial charge in [0.1, 0.15) is 34.4 Å². The molecule has 7 nitrogen and oxygen atoms in total. The molecule has 0 saturated heterocycles. The molecule has 0 spiro atoms. The highest BCUT2D eigenvalue weighted by Gasteiger charge is 2.65. The maximum Gasteiger partial charge on any atom is 0.310 e. The Morgan fingerprint density at radius 1 is 1.18 bits per heavy atom. The number of nitrogens with two attached hydrogens (primary N) is 1. The fraction of sp³-hybridized carbons (Fsp3) is 0.150. The third kappa shape index (κ3) is 3.45. The molecule has 1 atom stereocenters. The number of hydrogen-bond acceptors (Lipinski definition) is 5. The lowest BCUT2D eigenvalue weighted by Crippen LogP contribution is -2.32. The Labute approximate surface area is 187 Å². The van der Waals surface area contributed by atoms with Crippen LogP contribution in [-0.2, 0) is 0 Å². The predicted molar refractivity (Wildman–Crippen MR) is 113 cm³/mol. The molecule has 34 heavy (non-hydrogen) atoms. The van der Waals surface area contributed by atoms with Gasteiger partial charge in [-0.1, -0.05) is 25.5 Å². The molecule has 0 saturated carbocycles. The smallest absolute Gasteiger partial charge is 0.310 e. The summed E-state index contributed by atoms with van der Waals surface area (Å²) in [6, 6.07) is 2.68. The highest BCUT2D eigenvalue weighted by atomic mass is 32.5. The van der Waals surface area contributed by atoms with Crippen molar-refractivity contribution in [3.63, 3.8) is 0 Å². The SMILES string of the molecule is CN(C(=O)c1cc2c(cc1F)nc(N)c1cncn12)[C@@H]1COc2cc(S(F)(F)(F)(F)F)ccc21. The minimum atomic E-state index is -9.90. The fourth-order valence-electron chi connectivity index (χ4n) is 3.93. The first-order valence-electron chi connectivity index (χ1n) is 9.63. The lowest BCUT2D eigenvalue weighted by Gasteiger charge is -2.40. The summed E-state index contributed by atoms with van der Waals surface area (Å²) in [5.74, 6) is -2.01. The van der Waals surface area contributed by atoms with Crippen molar-refractivity contribution in [3.8, 4) is 5.75 Å². The Hall–Kier alpha value is -3.68. The maximum atomic E-state index is 14.9. The molecule has 1 amide bonds. The normalized spacial score (nSPS) is 17.8. The van der Waals surface area contributed by atoms with Crippen molar-refractivity contribution in [1.82, 2.24) is 19.3 Å². The molecule has 3 heterocycles. The molecular weight excluding hydrogens is 488 g/mol. The van der Waals surface area contributed by atoms with Gasteiger partial charge in [-0.25, -0.2) is 14.4 Å². The summed E-state index contributed by atoms with van der Waals surface area (Å²) in [5, 5.41) is 0. The lowest BCUT2D eigenvalue weighted by molar-refractivity contribution is 0.0704. The van der Waals surface area contributed by atoms with E-state index >= 15 is 0 Å². The van der Waals surface area contributed by atoms with Crippen molar-refractivity contribution in [1.29, 1.82) is 0 Å². The third-order valence-corrected chi connectivity index (χ3v) is 6.81. The van der Waals surface area contributed by atoms with Crippen LogP contribution in [0.1, 0.15) is 22.0 Å². The second-order valence-corrected chi connectivity index (χ2v) is 10.3. The molecule has 0 unspecified atom stereocenters. The zero-order valence-electron chi connectivity index (χ0n) is 17.2. The van der Waals surface area contributed by atoms with E-state index in [0.717, 1.165) is 17.0 Å². The number of halogens is 6. The number of anilines is 1. The molecule has 180 valence electrons. The molecule has 0 aliphatic carbocycles. The summed E-state index contributed by atoms with van der Waals surface area (Å²) in [6.45, 7) is -0.291. The molecule has 1 aliphatic rings. The van der Waals surface area contributed by atoms with Crippen molar-refractivity contribution in [2.24, 2.45) is 0 Å².